The molecule has 0 radical (unpaired) electrons. The van der Waals surface area contributed by atoms with Crippen molar-refractivity contribution in [2.24, 2.45) is 5.11 Å². The summed E-state index contributed by atoms with van der Waals surface area (Å²) in [6.07, 6.45) is -0.446. The zero-order chi connectivity index (χ0) is 17.9. The van der Waals surface area contributed by atoms with E-state index in [-0.39, 0.29) is 18.9 Å². The number of hydrogen-bond donors (Lipinski definition) is 1. The summed E-state index contributed by atoms with van der Waals surface area (Å²) in [4.78, 5) is 2.70. The smallest absolute Gasteiger partial charge is 0.166 e. The molecule has 2 rings (SSSR count). The molecule has 0 amide bonds. The van der Waals surface area contributed by atoms with E-state index in [1.54, 1.807) is 6.92 Å². The van der Waals surface area contributed by atoms with Gasteiger partial charge in [0.05, 0.1) is 12.6 Å². The van der Waals surface area contributed by atoms with Gasteiger partial charge in [0.1, 0.15) is 23.3 Å². The molecule has 1 aliphatic rings. The Morgan fingerprint density at radius 2 is 2.25 bits per heavy atom. The molecule has 1 aromatic rings. The van der Waals surface area contributed by atoms with Crippen LogP contribution in [0.4, 0.5) is 4.39 Å². The van der Waals surface area contributed by atoms with Crippen molar-refractivity contribution in [1.29, 1.82) is 0 Å². The molecule has 0 aliphatic carbocycles. The Hall–Kier alpha value is -1.67. The average molecular weight is 356 g/mol. The van der Waals surface area contributed by atoms with E-state index in [1.165, 1.54) is 12.1 Å². The highest BCUT2D eigenvalue weighted by molar-refractivity contribution is 7.90. The van der Waals surface area contributed by atoms with E-state index in [4.69, 9.17) is 15.0 Å². The number of hydrogen-bond acceptors (Lipinski definition) is 5. The minimum atomic E-state index is -1.32. The SMILES string of the molecule is CC(N[S+]([O-])C(C)(C)C)c1cc(F)cc2c1O[C@H](CN=[N+]=[N-])CO2. The van der Waals surface area contributed by atoms with Gasteiger partial charge in [-0.05, 0) is 39.3 Å². The van der Waals surface area contributed by atoms with Gasteiger partial charge in [-0.3, -0.25) is 0 Å². The first kappa shape index (κ1) is 18.7. The van der Waals surface area contributed by atoms with E-state index >= 15 is 0 Å². The van der Waals surface area contributed by atoms with Crippen LogP contribution < -0.4 is 14.2 Å². The third-order valence-electron chi connectivity index (χ3n) is 3.41. The summed E-state index contributed by atoms with van der Waals surface area (Å²) in [5.41, 5.74) is 8.92. The highest BCUT2D eigenvalue weighted by atomic mass is 32.2. The first-order valence-electron chi connectivity index (χ1n) is 7.54. The van der Waals surface area contributed by atoms with Crippen LogP contribution in [-0.4, -0.2) is 28.6 Å². The van der Waals surface area contributed by atoms with Gasteiger partial charge in [-0.15, -0.1) is 4.72 Å². The van der Waals surface area contributed by atoms with Crippen molar-refractivity contribution in [3.63, 3.8) is 0 Å². The van der Waals surface area contributed by atoms with Crippen LogP contribution in [0.2, 0.25) is 0 Å². The number of rotatable bonds is 5. The summed E-state index contributed by atoms with van der Waals surface area (Å²) in [5.74, 6) is 0.208. The highest BCUT2D eigenvalue weighted by Crippen LogP contribution is 2.39. The molecule has 7 nitrogen and oxygen atoms in total. The maximum absolute atomic E-state index is 13.9. The molecule has 0 saturated heterocycles. The number of benzene rings is 1. The molecule has 0 saturated carbocycles. The van der Waals surface area contributed by atoms with Crippen LogP contribution in [0.15, 0.2) is 17.2 Å². The molecule has 1 aliphatic heterocycles. The van der Waals surface area contributed by atoms with Gasteiger partial charge in [-0.2, -0.15) is 0 Å². The van der Waals surface area contributed by atoms with Crippen LogP contribution in [0.3, 0.4) is 0 Å². The van der Waals surface area contributed by atoms with E-state index in [2.05, 4.69) is 14.7 Å². The van der Waals surface area contributed by atoms with Crippen molar-refractivity contribution in [2.45, 2.75) is 44.6 Å². The van der Waals surface area contributed by atoms with E-state index in [0.29, 0.717) is 11.3 Å². The summed E-state index contributed by atoms with van der Waals surface area (Å²) < 4.78 is 40.0. The molecule has 132 valence electrons. The Bertz CT molecular complexity index is 646. The third-order valence-corrected chi connectivity index (χ3v) is 5.09. The summed E-state index contributed by atoms with van der Waals surface area (Å²) in [5, 5.41) is 3.48. The average Bonchev–Trinajstić information content (AvgIpc) is 2.51. The fourth-order valence-electron chi connectivity index (χ4n) is 2.15. The fourth-order valence-corrected chi connectivity index (χ4v) is 2.95. The van der Waals surface area contributed by atoms with Crippen molar-refractivity contribution < 1.29 is 18.4 Å². The quantitative estimate of drug-likeness (QED) is 0.378. The van der Waals surface area contributed by atoms with Gasteiger partial charge >= 0.3 is 0 Å². The lowest BCUT2D eigenvalue weighted by Gasteiger charge is -2.30. The van der Waals surface area contributed by atoms with Crippen LogP contribution in [0.1, 0.15) is 39.3 Å². The highest BCUT2D eigenvalue weighted by Gasteiger charge is 2.32. The van der Waals surface area contributed by atoms with Gasteiger partial charge < -0.3 is 14.0 Å². The number of fused-ring (bicyclic) bond motifs is 1. The van der Waals surface area contributed by atoms with Crippen LogP contribution >= 0.6 is 0 Å². The first-order chi connectivity index (χ1) is 11.2. The molecule has 24 heavy (non-hydrogen) atoms. The first-order valence-corrected chi connectivity index (χ1v) is 8.69. The topological polar surface area (TPSA) is 102 Å². The van der Waals surface area contributed by atoms with Crippen LogP contribution in [0.25, 0.3) is 10.4 Å². The number of ether oxygens (including phenoxy) is 2. The number of nitrogens with one attached hydrogen (secondary N) is 1. The van der Waals surface area contributed by atoms with Crippen molar-refractivity contribution in [3.8, 4) is 11.5 Å². The molecular weight excluding hydrogens is 335 g/mol. The molecule has 1 aromatic carbocycles. The third kappa shape index (κ3) is 4.45. The van der Waals surface area contributed by atoms with Crippen molar-refractivity contribution in [3.05, 3.63) is 34.0 Å². The van der Waals surface area contributed by atoms with Gasteiger partial charge in [0.15, 0.2) is 11.5 Å². The van der Waals surface area contributed by atoms with E-state index < -0.39 is 34.1 Å². The molecule has 2 unspecified atom stereocenters. The monoisotopic (exact) mass is 356 g/mol. The second-order valence-corrected chi connectivity index (χ2v) is 8.51. The maximum Gasteiger partial charge on any atom is 0.166 e. The molecule has 0 aromatic heterocycles. The lowest BCUT2D eigenvalue weighted by atomic mass is 10.1. The second kappa shape index (κ2) is 7.48. The largest absolute Gasteiger partial charge is 0.598 e. The van der Waals surface area contributed by atoms with Crippen LogP contribution in [0, 0.1) is 5.82 Å². The van der Waals surface area contributed by atoms with Gasteiger partial charge in [0.25, 0.3) is 0 Å². The minimum Gasteiger partial charge on any atom is -0.598 e. The molecule has 0 fully saturated rings. The zero-order valence-electron chi connectivity index (χ0n) is 14.1. The van der Waals surface area contributed by atoms with Gasteiger partial charge in [0, 0.05) is 27.9 Å². The van der Waals surface area contributed by atoms with Gasteiger partial charge in [-0.1, -0.05) is 5.11 Å². The number of azide groups is 1. The fraction of sp³-hybridized carbons (Fsp3) is 0.600. The van der Waals surface area contributed by atoms with Crippen LogP contribution in [-0.2, 0) is 11.4 Å². The van der Waals surface area contributed by atoms with Crippen molar-refractivity contribution in [2.75, 3.05) is 13.2 Å². The van der Waals surface area contributed by atoms with Crippen molar-refractivity contribution in [1.82, 2.24) is 4.72 Å². The molecular formula is C15H21FN4O3S. The Morgan fingerprint density at radius 3 is 2.88 bits per heavy atom. The lowest BCUT2D eigenvalue weighted by Crippen LogP contribution is -2.41. The molecule has 0 bridgehead atoms. The molecule has 3 atom stereocenters. The Kier molecular flexibility index (Phi) is 5.82. The molecule has 1 N–H and O–H groups in total. The number of halogens is 1. The van der Waals surface area contributed by atoms with E-state index in [0.717, 1.165) is 0 Å². The summed E-state index contributed by atoms with van der Waals surface area (Å²) >= 11 is -1.32. The molecule has 0 spiro atoms. The zero-order valence-corrected chi connectivity index (χ0v) is 14.9. The Balaban J connectivity index is 2.27. The summed E-state index contributed by atoms with van der Waals surface area (Å²) in [6, 6.07) is 2.16. The molecule has 1 heterocycles. The standard InChI is InChI=1S/C15H21FN4O3S/c1-9(19-24(21)15(2,3)4)12-5-10(16)6-13-14(12)23-11(8-22-13)7-18-20-17/h5-6,9,11,19H,7-8H2,1-4H3/t9?,11-,24?/m1/s1. The minimum absolute atomic E-state index is 0.114. The molecule has 9 heteroatoms. The summed E-state index contributed by atoms with van der Waals surface area (Å²) in [7, 11) is 0. The van der Waals surface area contributed by atoms with E-state index in [9.17, 15) is 8.94 Å². The van der Waals surface area contributed by atoms with E-state index in [1.807, 2.05) is 20.8 Å². The second-order valence-electron chi connectivity index (χ2n) is 6.51. The van der Waals surface area contributed by atoms with Crippen LogP contribution in [0.5, 0.6) is 11.5 Å². The number of nitrogens with zero attached hydrogens (tertiary/aromatic N) is 3. The maximum atomic E-state index is 13.9. The predicted octanol–water partition coefficient (Wildman–Crippen LogP) is 3.39. The Labute approximate surface area is 143 Å². The Morgan fingerprint density at radius 1 is 1.54 bits per heavy atom. The predicted molar refractivity (Wildman–Crippen MR) is 89.8 cm³/mol. The van der Waals surface area contributed by atoms with Gasteiger partial charge in [0.2, 0.25) is 0 Å². The van der Waals surface area contributed by atoms with Crippen molar-refractivity contribution >= 4 is 11.4 Å². The normalized spacial score (nSPS) is 19.3. The lowest BCUT2D eigenvalue weighted by molar-refractivity contribution is 0.0944. The van der Waals surface area contributed by atoms with Gasteiger partial charge in [-0.25, -0.2) is 4.39 Å². The summed E-state index contributed by atoms with van der Waals surface area (Å²) in [6.45, 7) is 7.60.